The fourth-order valence-electron chi connectivity index (χ4n) is 2.90. The Bertz CT molecular complexity index is 1130. The molecule has 0 radical (unpaired) electrons. The molecule has 0 heterocycles. The number of ether oxygens (including phenoxy) is 3. The quantitative estimate of drug-likeness (QED) is 0.436. The fraction of sp³-hybridized carbons (Fsp3) is 0.200. The Hall–Kier alpha value is -4.21. The molecule has 0 aliphatic rings. The summed E-state index contributed by atoms with van der Waals surface area (Å²) in [5, 5.41) is 5.42. The summed E-state index contributed by atoms with van der Waals surface area (Å²) in [6, 6.07) is 19.1. The molecule has 0 aliphatic carbocycles. The van der Waals surface area contributed by atoms with E-state index in [1.54, 1.807) is 60.7 Å². The first-order chi connectivity index (χ1) is 16.7. The van der Waals surface area contributed by atoms with E-state index in [1.807, 2.05) is 0 Å². The highest BCUT2D eigenvalue weighted by Crippen LogP contribution is 2.19. The molecule has 10 heteroatoms. The minimum Gasteiger partial charge on any atom is -0.497 e. The molecule has 3 aromatic carbocycles. The van der Waals surface area contributed by atoms with Crippen molar-refractivity contribution in [3.05, 3.63) is 83.9 Å². The van der Waals surface area contributed by atoms with Crippen LogP contribution in [0.3, 0.4) is 0 Å². The van der Waals surface area contributed by atoms with Gasteiger partial charge in [0.1, 0.15) is 17.2 Å². The minimum absolute atomic E-state index is 0.0881. The number of nitrogens with one attached hydrogen (secondary N) is 2. The van der Waals surface area contributed by atoms with Crippen molar-refractivity contribution >= 4 is 17.5 Å². The largest absolute Gasteiger partial charge is 0.497 e. The van der Waals surface area contributed by atoms with E-state index in [1.165, 1.54) is 19.2 Å². The number of benzene rings is 3. The molecule has 2 N–H and O–H groups in total. The van der Waals surface area contributed by atoms with Crippen molar-refractivity contribution < 1.29 is 37.0 Å². The first-order valence-electron chi connectivity index (χ1n) is 10.5. The lowest BCUT2D eigenvalue weighted by Gasteiger charge is -2.10. The van der Waals surface area contributed by atoms with Gasteiger partial charge in [0.25, 0.3) is 11.8 Å². The van der Waals surface area contributed by atoms with Crippen molar-refractivity contribution in [2.45, 2.75) is 12.7 Å². The lowest BCUT2D eigenvalue weighted by Crippen LogP contribution is -2.23. The number of carbonyl (C=O) groups excluding carboxylic acids is 2. The maximum Gasteiger partial charge on any atom is 0.422 e. The molecule has 184 valence electrons. The van der Waals surface area contributed by atoms with Crippen LogP contribution in [0.15, 0.2) is 72.8 Å². The Morgan fingerprint density at radius 2 is 1.51 bits per heavy atom. The van der Waals surface area contributed by atoms with Crippen LogP contribution in [0, 0.1) is 0 Å². The summed E-state index contributed by atoms with van der Waals surface area (Å²) in [6.45, 7) is -1.40. The molecule has 0 aromatic heterocycles. The fourth-order valence-corrected chi connectivity index (χ4v) is 2.90. The van der Waals surface area contributed by atoms with Crippen molar-refractivity contribution in [3.63, 3.8) is 0 Å². The molecule has 0 saturated carbocycles. The molecule has 0 bridgehead atoms. The Labute approximate surface area is 199 Å². The van der Waals surface area contributed by atoms with Gasteiger partial charge in [-0.05, 0) is 54.1 Å². The number of alkyl halides is 3. The highest BCUT2D eigenvalue weighted by molar-refractivity contribution is 5.94. The van der Waals surface area contributed by atoms with Gasteiger partial charge in [-0.2, -0.15) is 13.2 Å². The Balaban J connectivity index is 1.43. The maximum absolute atomic E-state index is 12.4. The summed E-state index contributed by atoms with van der Waals surface area (Å²) in [6.07, 6.45) is -4.41. The third-order valence-corrected chi connectivity index (χ3v) is 4.62. The SMILES string of the molecule is COc1cccc(NC(=O)COc2ccc(C(=O)NCc3ccc(OCC(F)(F)F)cc3)cc2)c1. The van der Waals surface area contributed by atoms with Crippen LogP contribution in [0.1, 0.15) is 15.9 Å². The standard InChI is InChI=1S/C25H23F3N2O5/c1-33-22-4-2-3-19(13-22)30-23(31)15-34-20-11-7-18(8-12-20)24(32)29-14-17-5-9-21(10-6-17)35-16-25(26,27)28/h2-13H,14-16H2,1H3,(H,29,32)(H,30,31). The molecule has 0 saturated heterocycles. The highest BCUT2D eigenvalue weighted by Gasteiger charge is 2.28. The van der Waals surface area contributed by atoms with Crippen molar-refractivity contribution in [3.8, 4) is 17.2 Å². The van der Waals surface area contributed by atoms with Gasteiger partial charge in [0, 0.05) is 23.9 Å². The van der Waals surface area contributed by atoms with E-state index >= 15 is 0 Å². The van der Waals surface area contributed by atoms with Crippen LogP contribution in [0.2, 0.25) is 0 Å². The van der Waals surface area contributed by atoms with Crippen molar-refractivity contribution in [2.24, 2.45) is 0 Å². The summed E-state index contributed by atoms with van der Waals surface area (Å²) >= 11 is 0. The molecule has 0 unspecified atom stereocenters. The monoisotopic (exact) mass is 488 g/mol. The zero-order valence-corrected chi connectivity index (χ0v) is 18.7. The molecule has 0 spiro atoms. The minimum atomic E-state index is -4.41. The summed E-state index contributed by atoms with van der Waals surface area (Å²) in [5.74, 6) is 0.422. The summed E-state index contributed by atoms with van der Waals surface area (Å²) in [4.78, 5) is 24.4. The van der Waals surface area contributed by atoms with Crippen molar-refractivity contribution in [1.29, 1.82) is 0 Å². The van der Waals surface area contributed by atoms with Crippen LogP contribution < -0.4 is 24.8 Å². The van der Waals surface area contributed by atoms with Crippen molar-refractivity contribution in [1.82, 2.24) is 5.32 Å². The van der Waals surface area contributed by atoms with Crippen LogP contribution in [-0.4, -0.2) is 38.3 Å². The van der Waals surface area contributed by atoms with E-state index in [-0.39, 0.29) is 30.7 Å². The number of rotatable bonds is 10. The molecule has 35 heavy (non-hydrogen) atoms. The van der Waals surface area contributed by atoms with Crippen LogP contribution in [-0.2, 0) is 11.3 Å². The summed E-state index contributed by atoms with van der Waals surface area (Å²) in [7, 11) is 1.53. The van der Waals surface area contributed by atoms with E-state index in [9.17, 15) is 22.8 Å². The van der Waals surface area contributed by atoms with Crippen LogP contribution in [0.5, 0.6) is 17.2 Å². The number of hydrogen-bond acceptors (Lipinski definition) is 5. The van der Waals surface area contributed by atoms with Gasteiger partial charge in [-0.25, -0.2) is 0 Å². The number of methoxy groups -OCH3 is 1. The first-order valence-corrected chi connectivity index (χ1v) is 10.5. The Kier molecular flexibility index (Phi) is 8.55. The van der Waals surface area contributed by atoms with Gasteiger partial charge < -0.3 is 24.8 Å². The van der Waals surface area contributed by atoms with Gasteiger partial charge in [0.15, 0.2) is 13.2 Å². The summed E-state index contributed by atoms with van der Waals surface area (Å²) < 4.78 is 51.8. The second-order valence-electron chi connectivity index (χ2n) is 7.32. The predicted molar refractivity (Wildman–Crippen MR) is 123 cm³/mol. The number of carbonyl (C=O) groups is 2. The van der Waals surface area contributed by atoms with Crippen LogP contribution >= 0.6 is 0 Å². The Morgan fingerprint density at radius 3 is 2.17 bits per heavy atom. The van der Waals surface area contributed by atoms with Gasteiger partial charge in [-0.3, -0.25) is 9.59 Å². The topological polar surface area (TPSA) is 85.9 Å². The number of halogens is 3. The third-order valence-electron chi connectivity index (χ3n) is 4.62. The Morgan fingerprint density at radius 1 is 0.857 bits per heavy atom. The van der Waals surface area contributed by atoms with E-state index in [0.717, 1.165) is 0 Å². The highest BCUT2D eigenvalue weighted by atomic mass is 19.4. The van der Waals surface area contributed by atoms with Crippen LogP contribution in [0.25, 0.3) is 0 Å². The van der Waals surface area contributed by atoms with Crippen molar-refractivity contribution in [2.75, 3.05) is 25.6 Å². The smallest absolute Gasteiger partial charge is 0.422 e. The van der Waals surface area contributed by atoms with E-state index in [4.69, 9.17) is 9.47 Å². The van der Waals surface area contributed by atoms with E-state index in [0.29, 0.717) is 28.3 Å². The zero-order chi connectivity index (χ0) is 25.3. The number of anilines is 1. The van der Waals surface area contributed by atoms with Gasteiger partial charge in [-0.15, -0.1) is 0 Å². The van der Waals surface area contributed by atoms with Gasteiger partial charge in [-0.1, -0.05) is 18.2 Å². The van der Waals surface area contributed by atoms with Gasteiger partial charge in [0.05, 0.1) is 7.11 Å². The summed E-state index contributed by atoms with van der Waals surface area (Å²) in [5.41, 5.74) is 1.65. The molecule has 0 atom stereocenters. The second kappa shape index (κ2) is 11.8. The second-order valence-corrected chi connectivity index (χ2v) is 7.32. The molecule has 0 fully saturated rings. The third kappa shape index (κ3) is 8.58. The predicted octanol–water partition coefficient (Wildman–Crippen LogP) is 4.58. The van der Waals surface area contributed by atoms with E-state index < -0.39 is 12.8 Å². The van der Waals surface area contributed by atoms with Gasteiger partial charge in [0.2, 0.25) is 0 Å². The average molecular weight is 488 g/mol. The molecule has 2 amide bonds. The molecule has 0 aliphatic heterocycles. The molecule has 3 aromatic rings. The molecule has 7 nitrogen and oxygen atoms in total. The lowest BCUT2D eigenvalue weighted by molar-refractivity contribution is -0.153. The molecular formula is C25H23F3N2O5. The number of amides is 2. The maximum atomic E-state index is 12.4. The molecule has 3 rings (SSSR count). The van der Waals surface area contributed by atoms with Gasteiger partial charge >= 0.3 is 6.18 Å². The normalized spacial score (nSPS) is 10.9. The number of hydrogen-bond donors (Lipinski definition) is 2. The molecular weight excluding hydrogens is 465 g/mol. The first kappa shape index (κ1) is 25.4. The van der Waals surface area contributed by atoms with Crippen LogP contribution in [0.4, 0.5) is 18.9 Å². The zero-order valence-electron chi connectivity index (χ0n) is 18.7. The van der Waals surface area contributed by atoms with E-state index in [2.05, 4.69) is 15.4 Å². The average Bonchev–Trinajstić information content (AvgIpc) is 2.85. The lowest BCUT2D eigenvalue weighted by atomic mass is 10.2.